The van der Waals surface area contributed by atoms with Crippen molar-refractivity contribution >= 4 is 17.7 Å². The van der Waals surface area contributed by atoms with E-state index in [0.717, 1.165) is 12.8 Å². The van der Waals surface area contributed by atoms with Crippen molar-refractivity contribution in [3.05, 3.63) is 6.33 Å². The third-order valence-corrected chi connectivity index (χ3v) is 3.74. The molecule has 0 aromatic carbocycles. The number of H-pyrrole nitrogens is 1. The smallest absolute Gasteiger partial charge is 0.233 e. The number of nitrogens with one attached hydrogen (secondary N) is 2. The lowest BCUT2D eigenvalue weighted by Crippen LogP contribution is -2.37. The van der Waals surface area contributed by atoms with Crippen LogP contribution in [0.5, 0.6) is 0 Å². The van der Waals surface area contributed by atoms with Crippen molar-refractivity contribution in [2.75, 3.05) is 0 Å². The van der Waals surface area contributed by atoms with Crippen LogP contribution in [0.15, 0.2) is 11.5 Å². The molecule has 0 radical (unpaired) electrons. The third kappa shape index (κ3) is 2.98. The monoisotopic (exact) mass is 240 g/mol. The largest absolute Gasteiger partial charge is 0.352 e. The van der Waals surface area contributed by atoms with Crippen LogP contribution in [0.4, 0.5) is 0 Å². The molecule has 1 amide bonds. The number of thioether (sulfide) groups is 1. The SMILES string of the molecule is C[C@H](Sc1ncn[nH]1)C(=O)NC1CCCC1. The van der Waals surface area contributed by atoms with E-state index in [4.69, 9.17) is 0 Å². The molecule has 0 spiro atoms. The molecule has 1 saturated carbocycles. The molecule has 6 heteroatoms. The maximum absolute atomic E-state index is 11.8. The van der Waals surface area contributed by atoms with E-state index >= 15 is 0 Å². The van der Waals surface area contributed by atoms with Crippen LogP contribution >= 0.6 is 11.8 Å². The number of amides is 1. The second-order valence-corrected chi connectivity index (χ2v) is 5.37. The normalized spacial score (nSPS) is 18.6. The maximum atomic E-state index is 11.8. The van der Waals surface area contributed by atoms with E-state index in [1.54, 1.807) is 0 Å². The lowest BCUT2D eigenvalue weighted by Gasteiger charge is -2.15. The van der Waals surface area contributed by atoms with Crippen LogP contribution in [0, 0.1) is 0 Å². The summed E-state index contributed by atoms with van der Waals surface area (Å²) in [6.07, 6.45) is 6.14. The maximum Gasteiger partial charge on any atom is 0.233 e. The van der Waals surface area contributed by atoms with Crippen molar-refractivity contribution in [1.82, 2.24) is 20.5 Å². The molecule has 2 rings (SSSR count). The molecule has 1 atom stereocenters. The summed E-state index contributed by atoms with van der Waals surface area (Å²) < 4.78 is 0. The van der Waals surface area contributed by atoms with E-state index < -0.39 is 0 Å². The molecular formula is C10H16N4OS. The molecule has 0 unspecified atom stereocenters. The Morgan fingerprint density at radius 2 is 2.38 bits per heavy atom. The second-order valence-electron chi connectivity index (χ2n) is 4.04. The molecular weight excluding hydrogens is 224 g/mol. The van der Waals surface area contributed by atoms with Gasteiger partial charge in [0.05, 0.1) is 5.25 Å². The van der Waals surface area contributed by atoms with Crippen LogP contribution in [-0.4, -0.2) is 32.4 Å². The number of nitrogens with zero attached hydrogens (tertiary/aromatic N) is 2. The average Bonchev–Trinajstić information content (AvgIpc) is 2.90. The van der Waals surface area contributed by atoms with E-state index in [1.807, 2.05) is 6.92 Å². The number of aromatic amines is 1. The first-order valence-corrected chi connectivity index (χ1v) is 6.46. The second kappa shape index (κ2) is 5.34. The predicted octanol–water partition coefficient (Wildman–Crippen LogP) is 1.34. The Labute approximate surface area is 98.8 Å². The molecule has 1 aliphatic carbocycles. The Hall–Kier alpha value is -1.04. The minimum atomic E-state index is -0.131. The summed E-state index contributed by atoms with van der Waals surface area (Å²) >= 11 is 1.40. The Morgan fingerprint density at radius 3 is 3.00 bits per heavy atom. The van der Waals surface area contributed by atoms with Crippen molar-refractivity contribution in [3.63, 3.8) is 0 Å². The number of rotatable bonds is 4. The predicted molar refractivity (Wildman–Crippen MR) is 62.1 cm³/mol. The molecule has 1 fully saturated rings. The number of aromatic nitrogens is 3. The minimum absolute atomic E-state index is 0.0910. The summed E-state index contributed by atoms with van der Waals surface area (Å²) in [6.45, 7) is 1.89. The fourth-order valence-corrected chi connectivity index (χ4v) is 2.58. The first-order chi connectivity index (χ1) is 7.75. The lowest BCUT2D eigenvalue weighted by atomic mass is 10.2. The quantitative estimate of drug-likeness (QED) is 0.779. The van der Waals surface area contributed by atoms with Gasteiger partial charge in [0.25, 0.3) is 0 Å². The van der Waals surface area contributed by atoms with Gasteiger partial charge >= 0.3 is 0 Å². The van der Waals surface area contributed by atoms with Crippen molar-refractivity contribution in [1.29, 1.82) is 0 Å². The molecule has 1 heterocycles. The Balaban J connectivity index is 1.79. The van der Waals surface area contributed by atoms with Crippen molar-refractivity contribution in [2.45, 2.75) is 49.1 Å². The van der Waals surface area contributed by atoms with Crippen LogP contribution in [0.3, 0.4) is 0 Å². The van der Waals surface area contributed by atoms with Gasteiger partial charge < -0.3 is 5.32 Å². The van der Waals surface area contributed by atoms with E-state index in [-0.39, 0.29) is 11.2 Å². The summed E-state index contributed by atoms with van der Waals surface area (Å²) in [4.78, 5) is 15.8. The highest BCUT2D eigenvalue weighted by Crippen LogP contribution is 2.21. The highest BCUT2D eigenvalue weighted by atomic mass is 32.2. The number of carbonyl (C=O) groups is 1. The summed E-state index contributed by atoms with van der Waals surface area (Å²) in [5, 5.41) is 10.1. The molecule has 0 saturated heterocycles. The average molecular weight is 240 g/mol. The van der Waals surface area contributed by atoms with Gasteiger partial charge in [-0.15, -0.1) is 0 Å². The first kappa shape index (κ1) is 11.4. The summed E-state index contributed by atoms with van der Waals surface area (Å²) in [6, 6.07) is 0.380. The Kier molecular flexibility index (Phi) is 3.82. The van der Waals surface area contributed by atoms with Crippen LogP contribution < -0.4 is 5.32 Å². The molecule has 0 bridgehead atoms. The van der Waals surface area contributed by atoms with E-state index in [9.17, 15) is 4.79 Å². The molecule has 88 valence electrons. The van der Waals surface area contributed by atoms with Gasteiger partial charge in [0, 0.05) is 6.04 Å². The van der Waals surface area contributed by atoms with Gasteiger partial charge in [0.1, 0.15) is 6.33 Å². The molecule has 2 N–H and O–H groups in total. The zero-order chi connectivity index (χ0) is 11.4. The van der Waals surface area contributed by atoms with Gasteiger partial charge in [-0.05, 0) is 19.8 Å². The molecule has 0 aliphatic heterocycles. The molecule has 1 aromatic heterocycles. The van der Waals surface area contributed by atoms with Gasteiger partial charge in [0.2, 0.25) is 5.91 Å². The Morgan fingerprint density at radius 1 is 1.62 bits per heavy atom. The fourth-order valence-electron chi connectivity index (χ4n) is 1.86. The molecule has 1 aromatic rings. The fraction of sp³-hybridized carbons (Fsp3) is 0.700. The van der Waals surface area contributed by atoms with E-state index in [2.05, 4.69) is 20.5 Å². The van der Waals surface area contributed by atoms with Gasteiger partial charge in [-0.2, -0.15) is 5.10 Å². The van der Waals surface area contributed by atoms with Crippen LogP contribution in [-0.2, 0) is 4.79 Å². The molecule has 16 heavy (non-hydrogen) atoms. The van der Waals surface area contributed by atoms with Crippen LogP contribution in [0.25, 0.3) is 0 Å². The zero-order valence-electron chi connectivity index (χ0n) is 9.27. The molecule has 1 aliphatic rings. The first-order valence-electron chi connectivity index (χ1n) is 5.58. The highest BCUT2D eigenvalue weighted by molar-refractivity contribution is 8.00. The minimum Gasteiger partial charge on any atom is -0.352 e. The Bertz CT molecular complexity index is 335. The number of hydrogen-bond donors (Lipinski definition) is 2. The van der Waals surface area contributed by atoms with Crippen molar-refractivity contribution in [2.24, 2.45) is 0 Å². The molecule has 5 nitrogen and oxygen atoms in total. The van der Waals surface area contributed by atoms with Crippen molar-refractivity contribution < 1.29 is 4.79 Å². The van der Waals surface area contributed by atoms with Crippen LogP contribution in [0.1, 0.15) is 32.6 Å². The van der Waals surface area contributed by atoms with Gasteiger partial charge in [0.15, 0.2) is 5.16 Å². The highest BCUT2D eigenvalue weighted by Gasteiger charge is 2.21. The van der Waals surface area contributed by atoms with Gasteiger partial charge in [-0.25, -0.2) is 4.98 Å². The summed E-state index contributed by atoms with van der Waals surface area (Å²) in [7, 11) is 0. The topological polar surface area (TPSA) is 70.7 Å². The van der Waals surface area contributed by atoms with Crippen molar-refractivity contribution in [3.8, 4) is 0 Å². The van der Waals surface area contributed by atoms with Gasteiger partial charge in [-0.1, -0.05) is 24.6 Å². The van der Waals surface area contributed by atoms with E-state index in [1.165, 1.54) is 30.9 Å². The lowest BCUT2D eigenvalue weighted by molar-refractivity contribution is -0.120. The summed E-state index contributed by atoms with van der Waals surface area (Å²) in [5.74, 6) is 0.0910. The number of hydrogen-bond acceptors (Lipinski definition) is 4. The third-order valence-electron chi connectivity index (χ3n) is 2.75. The standard InChI is InChI=1S/C10H16N4OS/c1-7(16-10-11-6-12-14-10)9(15)13-8-4-2-3-5-8/h6-8H,2-5H2,1H3,(H,13,15)(H,11,12,14)/t7-/m0/s1. The zero-order valence-corrected chi connectivity index (χ0v) is 10.1. The van der Waals surface area contributed by atoms with Gasteiger partial charge in [-0.3, -0.25) is 9.89 Å². The number of carbonyl (C=O) groups excluding carboxylic acids is 1. The summed E-state index contributed by atoms with van der Waals surface area (Å²) in [5.41, 5.74) is 0. The van der Waals surface area contributed by atoms with E-state index in [0.29, 0.717) is 11.2 Å². The van der Waals surface area contributed by atoms with Crippen LogP contribution in [0.2, 0.25) is 0 Å².